The molecule has 0 amide bonds. The van der Waals surface area contributed by atoms with Crippen LogP contribution in [0.15, 0.2) is 53.6 Å². The van der Waals surface area contributed by atoms with Crippen molar-refractivity contribution in [2.24, 2.45) is 0 Å². The lowest BCUT2D eigenvalue weighted by Crippen LogP contribution is -2.36. The minimum atomic E-state index is -4.39. The Balaban J connectivity index is 2.23. The second-order valence-electron chi connectivity index (χ2n) is 6.08. The molecule has 1 heterocycles. The van der Waals surface area contributed by atoms with Gasteiger partial charge in [-0.1, -0.05) is 30.3 Å². The van der Waals surface area contributed by atoms with Crippen LogP contribution in [0.5, 0.6) is 0 Å². The van der Waals surface area contributed by atoms with Gasteiger partial charge in [-0.3, -0.25) is 0 Å². The van der Waals surface area contributed by atoms with Crippen molar-refractivity contribution in [3.05, 3.63) is 64.1 Å². The molecule has 0 saturated heterocycles. The Hall–Kier alpha value is -2.90. The van der Waals surface area contributed by atoms with Gasteiger partial charge < -0.3 is 0 Å². The zero-order chi connectivity index (χ0) is 19.8. The van der Waals surface area contributed by atoms with E-state index in [1.165, 1.54) is 29.5 Å². The summed E-state index contributed by atoms with van der Waals surface area (Å²) in [5.74, 6) is -8.68. The number of benzene rings is 1. The number of nitriles is 2. The quantitative estimate of drug-likeness (QED) is 0.469. The summed E-state index contributed by atoms with van der Waals surface area (Å²) in [6.07, 6.45) is -0.387. The molecule has 0 radical (unpaired) electrons. The Kier molecular flexibility index (Phi) is 4.67. The number of hydrogen-bond donors (Lipinski definition) is 0. The lowest BCUT2D eigenvalue weighted by Gasteiger charge is -2.21. The van der Waals surface area contributed by atoms with Gasteiger partial charge in [-0.05, 0) is 35.8 Å². The summed E-state index contributed by atoms with van der Waals surface area (Å²) >= 11 is 1.22. The molecule has 3 rings (SSSR count). The van der Waals surface area contributed by atoms with Gasteiger partial charge in [0.05, 0.1) is 0 Å². The molecule has 0 spiro atoms. The van der Waals surface area contributed by atoms with Crippen LogP contribution >= 0.6 is 11.3 Å². The fourth-order valence-corrected chi connectivity index (χ4v) is 4.06. The number of halogens is 4. The topological polar surface area (TPSA) is 47.6 Å². The molecular formula is C20H12F4N2S. The number of thiophene rings is 1. The number of rotatable bonds is 3. The fourth-order valence-electron chi connectivity index (χ4n) is 3.03. The smallest absolute Gasteiger partial charge is 0.199 e. The van der Waals surface area contributed by atoms with Gasteiger partial charge in [0.25, 0.3) is 0 Å². The Morgan fingerprint density at radius 2 is 1.74 bits per heavy atom. The molecule has 0 N–H and O–H groups in total. The first-order valence-corrected chi connectivity index (χ1v) is 8.70. The minimum absolute atomic E-state index is 0.0162. The van der Waals surface area contributed by atoms with Gasteiger partial charge in [-0.15, -0.1) is 11.3 Å². The fraction of sp³-hybridized carbons (Fsp3) is 0.200. The molecule has 1 aliphatic rings. The average molecular weight is 388 g/mol. The first kappa shape index (κ1) is 18.9. The Morgan fingerprint density at radius 1 is 1.11 bits per heavy atom. The van der Waals surface area contributed by atoms with E-state index >= 15 is 0 Å². The van der Waals surface area contributed by atoms with Gasteiger partial charge in [0.15, 0.2) is 0 Å². The van der Waals surface area contributed by atoms with Crippen molar-refractivity contribution in [2.75, 3.05) is 0 Å². The Labute approximate surface area is 157 Å². The van der Waals surface area contributed by atoms with Crippen LogP contribution in [0, 0.1) is 29.6 Å². The maximum Gasteiger partial charge on any atom is 0.336 e. The molecule has 2 aromatic rings. The van der Waals surface area contributed by atoms with Crippen molar-refractivity contribution in [3.8, 4) is 22.6 Å². The van der Waals surface area contributed by atoms with Crippen LogP contribution in [0.4, 0.5) is 17.6 Å². The van der Waals surface area contributed by atoms with Gasteiger partial charge in [0.2, 0.25) is 0 Å². The number of hydrogen-bond acceptors (Lipinski definition) is 3. The molecule has 136 valence electrons. The molecule has 0 unspecified atom stereocenters. The number of nitrogens with zero attached hydrogens (tertiary/aromatic N) is 2. The SMILES string of the molecule is Cc1sc(-c2ccccc2)cc1C1=C(C=C(C#N)C#N)CC(F)(F)C1(F)F. The maximum absolute atomic E-state index is 14.6. The third-order valence-electron chi connectivity index (χ3n) is 4.31. The molecule has 0 bridgehead atoms. The number of alkyl halides is 4. The molecule has 0 aliphatic heterocycles. The second-order valence-corrected chi connectivity index (χ2v) is 7.34. The predicted octanol–water partition coefficient (Wildman–Crippen LogP) is 6.12. The molecule has 1 aromatic carbocycles. The van der Waals surface area contributed by atoms with E-state index in [-0.39, 0.29) is 11.1 Å². The van der Waals surface area contributed by atoms with Gasteiger partial charge >= 0.3 is 11.8 Å². The molecule has 7 heteroatoms. The summed E-state index contributed by atoms with van der Waals surface area (Å²) in [7, 11) is 0. The van der Waals surface area contributed by atoms with E-state index in [0.29, 0.717) is 9.75 Å². The summed E-state index contributed by atoms with van der Waals surface area (Å²) < 4.78 is 57.2. The van der Waals surface area contributed by atoms with Crippen molar-refractivity contribution in [2.45, 2.75) is 25.2 Å². The van der Waals surface area contributed by atoms with Gasteiger partial charge in [-0.2, -0.15) is 28.1 Å². The van der Waals surface area contributed by atoms with E-state index < -0.39 is 29.4 Å². The Morgan fingerprint density at radius 3 is 2.33 bits per heavy atom. The van der Waals surface area contributed by atoms with E-state index in [9.17, 15) is 17.6 Å². The summed E-state index contributed by atoms with van der Waals surface area (Å²) in [6, 6.07) is 13.5. The van der Waals surface area contributed by atoms with E-state index in [1.54, 1.807) is 31.2 Å². The summed E-state index contributed by atoms with van der Waals surface area (Å²) in [5, 5.41) is 17.7. The standard InChI is InChI=1S/C20H12F4N2S/c1-12-16(8-17(27-12)14-5-3-2-4-6-14)18-15(7-13(10-25)11-26)9-19(21,22)20(18,23)24/h2-8H,9H2,1H3. The molecule has 27 heavy (non-hydrogen) atoms. The van der Waals surface area contributed by atoms with Crippen molar-refractivity contribution < 1.29 is 17.6 Å². The highest BCUT2D eigenvalue weighted by Crippen LogP contribution is 2.56. The molecular weight excluding hydrogens is 376 g/mol. The first-order valence-electron chi connectivity index (χ1n) is 7.88. The van der Waals surface area contributed by atoms with Gasteiger partial charge in [-0.25, -0.2) is 0 Å². The maximum atomic E-state index is 14.6. The average Bonchev–Trinajstić information content (AvgIpc) is 3.08. The summed E-state index contributed by atoms with van der Waals surface area (Å²) in [4.78, 5) is 1.13. The first-order chi connectivity index (χ1) is 12.7. The van der Waals surface area contributed by atoms with Crippen molar-refractivity contribution in [1.29, 1.82) is 10.5 Å². The highest BCUT2D eigenvalue weighted by Gasteiger charge is 2.64. The van der Waals surface area contributed by atoms with Crippen LogP contribution in [0.2, 0.25) is 0 Å². The minimum Gasteiger partial charge on any atom is -0.199 e. The Bertz CT molecular complexity index is 1020. The number of aryl methyl sites for hydroxylation is 1. The lowest BCUT2D eigenvalue weighted by atomic mass is 9.98. The summed E-state index contributed by atoms with van der Waals surface area (Å²) in [5.41, 5.74) is -0.887. The molecule has 0 atom stereocenters. The third-order valence-corrected chi connectivity index (χ3v) is 5.41. The van der Waals surface area contributed by atoms with Crippen LogP contribution in [0.1, 0.15) is 16.9 Å². The van der Waals surface area contributed by atoms with E-state index in [0.717, 1.165) is 11.6 Å². The second kappa shape index (κ2) is 6.68. The molecule has 1 aliphatic carbocycles. The van der Waals surface area contributed by atoms with Crippen LogP contribution in [0.3, 0.4) is 0 Å². The van der Waals surface area contributed by atoms with E-state index in [1.807, 2.05) is 6.07 Å². The van der Waals surface area contributed by atoms with Crippen molar-refractivity contribution in [1.82, 2.24) is 0 Å². The lowest BCUT2D eigenvalue weighted by molar-refractivity contribution is -0.161. The predicted molar refractivity (Wildman–Crippen MR) is 95.2 cm³/mol. The molecule has 0 saturated carbocycles. The normalized spacial score (nSPS) is 17.3. The number of allylic oxidation sites excluding steroid dienone is 4. The largest absolute Gasteiger partial charge is 0.336 e. The molecule has 2 nitrogen and oxygen atoms in total. The van der Waals surface area contributed by atoms with E-state index in [4.69, 9.17) is 10.5 Å². The highest BCUT2D eigenvalue weighted by molar-refractivity contribution is 7.15. The zero-order valence-electron chi connectivity index (χ0n) is 14.1. The summed E-state index contributed by atoms with van der Waals surface area (Å²) in [6.45, 7) is 1.59. The van der Waals surface area contributed by atoms with Crippen LogP contribution in [-0.4, -0.2) is 11.8 Å². The van der Waals surface area contributed by atoms with Crippen LogP contribution < -0.4 is 0 Å². The molecule has 1 aromatic heterocycles. The highest BCUT2D eigenvalue weighted by atomic mass is 32.1. The third kappa shape index (κ3) is 3.15. The van der Waals surface area contributed by atoms with Crippen LogP contribution in [-0.2, 0) is 0 Å². The van der Waals surface area contributed by atoms with Crippen LogP contribution in [0.25, 0.3) is 16.0 Å². The van der Waals surface area contributed by atoms with E-state index in [2.05, 4.69) is 0 Å². The van der Waals surface area contributed by atoms with Crippen molar-refractivity contribution >= 4 is 16.9 Å². The van der Waals surface area contributed by atoms with Gasteiger partial charge in [0, 0.05) is 21.7 Å². The monoisotopic (exact) mass is 388 g/mol. The van der Waals surface area contributed by atoms with Crippen molar-refractivity contribution in [3.63, 3.8) is 0 Å². The zero-order valence-corrected chi connectivity index (χ0v) is 14.9. The molecule has 0 fully saturated rings. The van der Waals surface area contributed by atoms with Gasteiger partial charge in [0.1, 0.15) is 17.7 Å².